The van der Waals surface area contributed by atoms with Gasteiger partial charge in [-0.25, -0.2) is 0 Å². The summed E-state index contributed by atoms with van der Waals surface area (Å²) in [6.45, 7) is 0. The second-order valence-corrected chi connectivity index (χ2v) is 8.02. The summed E-state index contributed by atoms with van der Waals surface area (Å²) in [6.07, 6.45) is 11.5. The molecule has 1 aliphatic heterocycles. The number of rotatable bonds is 6. The van der Waals surface area contributed by atoms with Gasteiger partial charge in [0.2, 0.25) is 0 Å². The van der Waals surface area contributed by atoms with E-state index < -0.39 is 0 Å². The quantitative estimate of drug-likeness (QED) is 0.630. The molecule has 0 amide bonds. The zero-order valence-corrected chi connectivity index (χ0v) is 19.4. The molecule has 5 nitrogen and oxygen atoms in total. The van der Waals surface area contributed by atoms with Crippen molar-refractivity contribution in [2.75, 3.05) is 38.0 Å². The SMILES string of the molecule is CN(C)c1ccc(/C=C/C2=CC(=C(C#N)C#N)C=C(/C=C/c3ccc(N(C)C)cc3)N2)cc1. The first-order valence-corrected chi connectivity index (χ1v) is 10.6. The maximum absolute atomic E-state index is 9.35. The van der Waals surface area contributed by atoms with E-state index in [0.717, 1.165) is 33.9 Å². The van der Waals surface area contributed by atoms with Crippen LogP contribution in [0.3, 0.4) is 0 Å². The Kier molecular flexibility index (Phi) is 7.52. The molecule has 0 aromatic heterocycles. The van der Waals surface area contributed by atoms with Gasteiger partial charge in [-0.05, 0) is 59.7 Å². The van der Waals surface area contributed by atoms with Gasteiger partial charge in [-0.1, -0.05) is 36.4 Å². The highest BCUT2D eigenvalue weighted by atomic mass is 15.1. The minimum atomic E-state index is 0.0824. The molecular formula is C28H27N5. The normalized spacial score (nSPS) is 13.1. The van der Waals surface area contributed by atoms with Crippen molar-refractivity contribution in [1.82, 2.24) is 5.32 Å². The predicted molar refractivity (Wildman–Crippen MR) is 137 cm³/mol. The van der Waals surface area contributed by atoms with Crippen LogP contribution in [0.2, 0.25) is 0 Å². The zero-order chi connectivity index (χ0) is 23.8. The van der Waals surface area contributed by atoms with E-state index in [1.54, 1.807) is 0 Å². The fourth-order valence-electron chi connectivity index (χ4n) is 3.23. The molecule has 33 heavy (non-hydrogen) atoms. The highest BCUT2D eigenvalue weighted by Gasteiger charge is 2.10. The van der Waals surface area contributed by atoms with E-state index in [1.165, 1.54) is 0 Å². The maximum Gasteiger partial charge on any atom is 0.137 e. The highest BCUT2D eigenvalue weighted by Crippen LogP contribution is 2.21. The third kappa shape index (κ3) is 6.26. The summed E-state index contributed by atoms with van der Waals surface area (Å²) >= 11 is 0. The molecule has 0 aliphatic carbocycles. The van der Waals surface area contributed by atoms with Crippen molar-refractivity contribution >= 4 is 23.5 Å². The summed E-state index contributed by atoms with van der Waals surface area (Å²) in [5.74, 6) is 0. The number of nitrogens with one attached hydrogen (secondary N) is 1. The topological polar surface area (TPSA) is 66.1 Å². The van der Waals surface area contributed by atoms with Crippen molar-refractivity contribution in [2.24, 2.45) is 0 Å². The largest absolute Gasteiger partial charge is 0.378 e. The van der Waals surface area contributed by atoms with E-state index in [-0.39, 0.29) is 5.57 Å². The van der Waals surface area contributed by atoms with Crippen LogP contribution in [0.4, 0.5) is 11.4 Å². The number of benzene rings is 2. The first kappa shape index (κ1) is 23.2. The summed E-state index contributed by atoms with van der Waals surface area (Å²) < 4.78 is 0. The highest BCUT2D eigenvalue weighted by molar-refractivity contribution is 5.63. The molecule has 0 unspecified atom stereocenters. The summed E-state index contributed by atoms with van der Waals surface area (Å²) in [6, 6.07) is 20.4. The van der Waals surface area contributed by atoms with E-state index >= 15 is 0 Å². The fourth-order valence-corrected chi connectivity index (χ4v) is 3.23. The standard InChI is InChI=1S/C28H27N5/c1-32(2)27-13-7-21(8-14-27)5-11-25-17-23(24(19-29)20-30)18-26(31-25)12-6-22-9-15-28(16-10-22)33(3)4/h5-18,31H,1-4H3/b11-5+,12-6+. The van der Waals surface area contributed by atoms with E-state index in [2.05, 4.69) is 63.6 Å². The van der Waals surface area contributed by atoms with Crippen molar-refractivity contribution in [3.63, 3.8) is 0 Å². The number of anilines is 2. The lowest BCUT2D eigenvalue weighted by atomic mass is 10.0. The van der Waals surface area contributed by atoms with Gasteiger partial charge in [0, 0.05) is 56.5 Å². The van der Waals surface area contributed by atoms with Crippen LogP contribution in [0.1, 0.15) is 11.1 Å². The molecule has 0 spiro atoms. The first-order chi connectivity index (χ1) is 15.9. The monoisotopic (exact) mass is 433 g/mol. The molecule has 2 aromatic rings. The van der Waals surface area contributed by atoms with Crippen LogP contribution >= 0.6 is 0 Å². The van der Waals surface area contributed by atoms with Gasteiger partial charge in [0.15, 0.2) is 0 Å². The second kappa shape index (κ2) is 10.7. The Morgan fingerprint density at radius 2 is 1.06 bits per heavy atom. The van der Waals surface area contributed by atoms with Crippen LogP contribution < -0.4 is 15.1 Å². The van der Waals surface area contributed by atoms with Gasteiger partial charge < -0.3 is 15.1 Å². The lowest BCUT2D eigenvalue weighted by Gasteiger charge is -2.15. The predicted octanol–water partition coefficient (Wildman–Crippen LogP) is 5.26. The number of dihydropyridines is 1. The number of nitriles is 2. The molecule has 1 heterocycles. The molecule has 0 atom stereocenters. The van der Waals surface area contributed by atoms with Crippen LogP contribution in [0, 0.1) is 22.7 Å². The molecule has 0 radical (unpaired) electrons. The van der Waals surface area contributed by atoms with Gasteiger partial charge in [0.05, 0.1) is 0 Å². The van der Waals surface area contributed by atoms with Crippen LogP contribution in [0.15, 0.2) is 95.4 Å². The van der Waals surface area contributed by atoms with Gasteiger partial charge in [0.25, 0.3) is 0 Å². The Labute approximate surface area is 196 Å². The third-order valence-electron chi connectivity index (χ3n) is 5.15. The molecule has 0 saturated heterocycles. The van der Waals surface area contributed by atoms with Crippen molar-refractivity contribution < 1.29 is 0 Å². The average Bonchev–Trinajstić information content (AvgIpc) is 2.82. The van der Waals surface area contributed by atoms with Crippen molar-refractivity contribution in [3.05, 3.63) is 107 Å². The van der Waals surface area contributed by atoms with Crippen molar-refractivity contribution in [3.8, 4) is 12.1 Å². The van der Waals surface area contributed by atoms with Crippen molar-refractivity contribution in [2.45, 2.75) is 0 Å². The maximum atomic E-state index is 9.35. The number of hydrogen-bond donors (Lipinski definition) is 1. The lowest BCUT2D eigenvalue weighted by Crippen LogP contribution is -2.14. The fraction of sp³-hybridized carbons (Fsp3) is 0.143. The van der Waals surface area contributed by atoms with Gasteiger partial charge >= 0.3 is 0 Å². The molecule has 1 aliphatic rings. The minimum Gasteiger partial charge on any atom is -0.378 e. The third-order valence-corrected chi connectivity index (χ3v) is 5.15. The van der Waals surface area contributed by atoms with Crippen LogP contribution in [-0.2, 0) is 0 Å². The van der Waals surface area contributed by atoms with Crippen molar-refractivity contribution in [1.29, 1.82) is 10.5 Å². The molecule has 1 N–H and O–H groups in total. The van der Waals surface area contributed by atoms with Gasteiger partial charge in [0.1, 0.15) is 17.7 Å². The Bertz CT molecular complexity index is 1130. The lowest BCUT2D eigenvalue weighted by molar-refractivity contribution is 1.02. The Balaban J connectivity index is 1.84. The minimum absolute atomic E-state index is 0.0824. The van der Waals surface area contributed by atoms with Crippen LogP contribution in [-0.4, -0.2) is 28.2 Å². The smallest absolute Gasteiger partial charge is 0.137 e. The van der Waals surface area contributed by atoms with Gasteiger partial charge in [-0.15, -0.1) is 0 Å². The molecule has 0 bridgehead atoms. The summed E-state index contributed by atoms with van der Waals surface area (Å²) in [5.41, 5.74) is 6.65. The zero-order valence-electron chi connectivity index (χ0n) is 19.4. The summed E-state index contributed by atoms with van der Waals surface area (Å²) in [7, 11) is 8.04. The molecule has 164 valence electrons. The summed E-state index contributed by atoms with van der Waals surface area (Å²) in [4.78, 5) is 4.11. The van der Waals surface area contributed by atoms with Gasteiger partial charge in [-0.3, -0.25) is 0 Å². The molecule has 5 heteroatoms. The van der Waals surface area contributed by atoms with E-state index in [4.69, 9.17) is 0 Å². The summed E-state index contributed by atoms with van der Waals surface area (Å²) in [5, 5.41) is 22.1. The first-order valence-electron chi connectivity index (χ1n) is 10.6. The van der Waals surface area contributed by atoms with Gasteiger partial charge in [-0.2, -0.15) is 10.5 Å². The molecule has 0 saturated carbocycles. The van der Waals surface area contributed by atoms with E-state index in [1.807, 2.05) is 76.8 Å². The number of nitrogens with zero attached hydrogens (tertiary/aromatic N) is 4. The molecule has 2 aromatic carbocycles. The van der Waals surface area contributed by atoms with E-state index in [9.17, 15) is 10.5 Å². The van der Waals surface area contributed by atoms with E-state index in [0.29, 0.717) is 5.57 Å². The Morgan fingerprint density at radius 1 is 0.667 bits per heavy atom. The Morgan fingerprint density at radius 3 is 1.39 bits per heavy atom. The molecule has 0 fully saturated rings. The number of hydrogen-bond acceptors (Lipinski definition) is 5. The average molecular weight is 434 g/mol. The molecular weight excluding hydrogens is 406 g/mol. The number of allylic oxidation sites excluding steroid dienone is 6. The van der Waals surface area contributed by atoms with Crippen LogP contribution in [0.25, 0.3) is 12.2 Å². The van der Waals surface area contributed by atoms with Crippen LogP contribution in [0.5, 0.6) is 0 Å². The second-order valence-electron chi connectivity index (χ2n) is 8.02. The molecule has 3 rings (SSSR count). The Hall–Kier alpha value is -4.48.